The number of nitrogens with zero attached hydrogens (tertiary/aromatic N) is 1. The molecule has 3 rings (SSSR count). The minimum atomic E-state index is -4.46. The Labute approximate surface area is 147 Å². The topological polar surface area (TPSA) is 83.8 Å². The summed E-state index contributed by atoms with van der Waals surface area (Å²) < 4.78 is 38.9. The largest absolute Gasteiger partial charge is 0.416 e. The van der Waals surface area contributed by atoms with Crippen LogP contribution >= 0.6 is 0 Å². The SMILES string of the molecule is Nc1cc(-c2ccc(C(=O)NCc3ccccc3C(F)(F)F)cc2)[nH]n1. The van der Waals surface area contributed by atoms with E-state index in [1.54, 1.807) is 30.3 Å². The number of amides is 1. The van der Waals surface area contributed by atoms with Crippen molar-refractivity contribution in [3.05, 3.63) is 71.3 Å². The Bertz CT molecular complexity index is 917. The number of nitrogen functional groups attached to an aromatic ring is 1. The summed E-state index contributed by atoms with van der Waals surface area (Å²) in [6.45, 7) is -0.215. The Morgan fingerprint density at radius 2 is 1.81 bits per heavy atom. The maximum absolute atomic E-state index is 13.0. The molecule has 134 valence electrons. The molecular weight excluding hydrogens is 345 g/mol. The van der Waals surface area contributed by atoms with Gasteiger partial charge in [0.2, 0.25) is 0 Å². The molecule has 0 fully saturated rings. The van der Waals surface area contributed by atoms with E-state index in [0.717, 1.165) is 11.6 Å². The van der Waals surface area contributed by atoms with Gasteiger partial charge in [-0.2, -0.15) is 18.3 Å². The number of hydrogen-bond donors (Lipinski definition) is 3. The summed E-state index contributed by atoms with van der Waals surface area (Å²) >= 11 is 0. The Hall–Kier alpha value is -3.29. The first kappa shape index (κ1) is 17.5. The number of benzene rings is 2. The van der Waals surface area contributed by atoms with Crippen LogP contribution in [-0.4, -0.2) is 16.1 Å². The van der Waals surface area contributed by atoms with Crippen LogP contribution in [0.4, 0.5) is 19.0 Å². The number of nitrogens with one attached hydrogen (secondary N) is 2. The minimum Gasteiger partial charge on any atom is -0.382 e. The number of H-pyrrole nitrogens is 1. The van der Waals surface area contributed by atoms with Gasteiger partial charge in [0.15, 0.2) is 0 Å². The van der Waals surface area contributed by atoms with Crippen LogP contribution in [-0.2, 0) is 12.7 Å². The molecule has 4 N–H and O–H groups in total. The van der Waals surface area contributed by atoms with Crippen molar-refractivity contribution >= 4 is 11.7 Å². The van der Waals surface area contributed by atoms with Crippen molar-refractivity contribution in [1.82, 2.24) is 15.5 Å². The zero-order valence-electron chi connectivity index (χ0n) is 13.5. The maximum Gasteiger partial charge on any atom is 0.416 e. The summed E-state index contributed by atoms with van der Waals surface area (Å²) in [5.41, 5.74) is 6.63. The van der Waals surface area contributed by atoms with Crippen LogP contribution < -0.4 is 11.1 Å². The molecule has 1 aromatic heterocycles. The fourth-order valence-corrected chi connectivity index (χ4v) is 2.51. The van der Waals surface area contributed by atoms with Gasteiger partial charge in [0.1, 0.15) is 5.82 Å². The van der Waals surface area contributed by atoms with Crippen LogP contribution in [0.15, 0.2) is 54.6 Å². The smallest absolute Gasteiger partial charge is 0.382 e. The average molecular weight is 360 g/mol. The van der Waals surface area contributed by atoms with Gasteiger partial charge in [-0.05, 0) is 29.3 Å². The zero-order valence-corrected chi connectivity index (χ0v) is 13.5. The standard InChI is InChI=1S/C18H15F3N4O/c19-18(20,21)14-4-2-1-3-13(14)10-23-17(26)12-7-5-11(6-8-12)15-9-16(22)25-24-15/h1-9H,10H2,(H,23,26)(H3,22,24,25). The lowest BCUT2D eigenvalue weighted by atomic mass is 10.1. The predicted octanol–water partition coefficient (Wildman–Crippen LogP) is 3.61. The Balaban J connectivity index is 1.70. The minimum absolute atomic E-state index is 0.0119. The first-order chi connectivity index (χ1) is 12.3. The van der Waals surface area contributed by atoms with Crippen molar-refractivity contribution < 1.29 is 18.0 Å². The molecule has 0 aliphatic heterocycles. The molecule has 0 saturated heterocycles. The number of rotatable bonds is 4. The number of anilines is 1. The highest BCUT2D eigenvalue weighted by Gasteiger charge is 2.32. The summed E-state index contributed by atoms with van der Waals surface area (Å²) in [4.78, 5) is 12.2. The predicted molar refractivity (Wildman–Crippen MR) is 91.1 cm³/mol. The fourth-order valence-electron chi connectivity index (χ4n) is 2.51. The number of halogens is 3. The lowest BCUT2D eigenvalue weighted by molar-refractivity contribution is -0.138. The van der Waals surface area contributed by atoms with Gasteiger partial charge in [-0.25, -0.2) is 0 Å². The van der Waals surface area contributed by atoms with Gasteiger partial charge in [0, 0.05) is 18.2 Å². The van der Waals surface area contributed by atoms with E-state index in [0.29, 0.717) is 17.1 Å². The molecule has 8 heteroatoms. The third-order valence-electron chi connectivity index (χ3n) is 3.82. The molecule has 0 aliphatic carbocycles. The van der Waals surface area contributed by atoms with E-state index in [1.807, 2.05) is 0 Å². The van der Waals surface area contributed by atoms with E-state index in [2.05, 4.69) is 15.5 Å². The molecule has 0 spiro atoms. The number of nitrogens with two attached hydrogens (primary N) is 1. The van der Waals surface area contributed by atoms with Gasteiger partial charge < -0.3 is 11.1 Å². The Kier molecular flexibility index (Phi) is 4.66. The number of aromatic nitrogens is 2. The first-order valence-electron chi connectivity index (χ1n) is 7.69. The summed E-state index contributed by atoms with van der Waals surface area (Å²) in [6.07, 6.45) is -4.46. The van der Waals surface area contributed by atoms with Crippen LogP contribution in [0.25, 0.3) is 11.3 Å². The second kappa shape index (κ2) is 6.91. The highest BCUT2D eigenvalue weighted by molar-refractivity contribution is 5.94. The van der Waals surface area contributed by atoms with E-state index >= 15 is 0 Å². The van der Waals surface area contributed by atoms with Crippen molar-refractivity contribution in [2.45, 2.75) is 12.7 Å². The molecule has 5 nitrogen and oxygen atoms in total. The van der Waals surface area contributed by atoms with E-state index in [9.17, 15) is 18.0 Å². The summed E-state index contributed by atoms with van der Waals surface area (Å²) in [7, 11) is 0. The third-order valence-corrected chi connectivity index (χ3v) is 3.82. The Morgan fingerprint density at radius 3 is 2.42 bits per heavy atom. The number of hydrogen-bond acceptors (Lipinski definition) is 3. The van der Waals surface area contributed by atoms with Gasteiger partial charge in [-0.15, -0.1) is 0 Å². The number of carbonyl (C=O) groups is 1. The van der Waals surface area contributed by atoms with Crippen LogP contribution in [0, 0.1) is 0 Å². The molecule has 0 radical (unpaired) electrons. The fraction of sp³-hybridized carbons (Fsp3) is 0.111. The number of carbonyl (C=O) groups excluding carboxylic acids is 1. The number of alkyl halides is 3. The zero-order chi connectivity index (χ0) is 18.7. The van der Waals surface area contributed by atoms with Gasteiger partial charge in [0.05, 0.1) is 11.3 Å². The van der Waals surface area contributed by atoms with Crippen LogP contribution in [0.2, 0.25) is 0 Å². The van der Waals surface area contributed by atoms with Crippen LogP contribution in [0.5, 0.6) is 0 Å². The van der Waals surface area contributed by atoms with Crippen molar-refractivity contribution in [3.8, 4) is 11.3 Å². The van der Waals surface area contributed by atoms with E-state index in [4.69, 9.17) is 5.73 Å². The third kappa shape index (κ3) is 3.85. The van der Waals surface area contributed by atoms with Crippen molar-refractivity contribution in [3.63, 3.8) is 0 Å². The van der Waals surface area contributed by atoms with E-state index in [1.165, 1.54) is 18.2 Å². The van der Waals surface area contributed by atoms with Gasteiger partial charge in [0.25, 0.3) is 5.91 Å². The lowest BCUT2D eigenvalue weighted by Gasteiger charge is -2.13. The second-order valence-corrected chi connectivity index (χ2v) is 5.62. The highest BCUT2D eigenvalue weighted by atomic mass is 19.4. The molecule has 0 atom stereocenters. The molecule has 26 heavy (non-hydrogen) atoms. The van der Waals surface area contributed by atoms with E-state index in [-0.39, 0.29) is 12.1 Å². The van der Waals surface area contributed by atoms with E-state index < -0.39 is 17.6 Å². The summed E-state index contributed by atoms with van der Waals surface area (Å²) in [5, 5.41) is 9.09. The molecule has 0 saturated carbocycles. The van der Waals surface area contributed by atoms with Gasteiger partial charge >= 0.3 is 6.18 Å². The van der Waals surface area contributed by atoms with Crippen LogP contribution in [0.3, 0.4) is 0 Å². The van der Waals surface area contributed by atoms with Gasteiger partial charge in [-0.3, -0.25) is 9.89 Å². The quantitative estimate of drug-likeness (QED) is 0.665. The first-order valence-corrected chi connectivity index (χ1v) is 7.69. The molecule has 2 aromatic carbocycles. The second-order valence-electron chi connectivity index (χ2n) is 5.62. The van der Waals surface area contributed by atoms with Gasteiger partial charge in [-0.1, -0.05) is 30.3 Å². The molecule has 1 heterocycles. The van der Waals surface area contributed by atoms with Crippen molar-refractivity contribution in [2.24, 2.45) is 0 Å². The lowest BCUT2D eigenvalue weighted by Crippen LogP contribution is -2.24. The summed E-state index contributed by atoms with van der Waals surface area (Å²) in [6, 6.07) is 13.4. The monoisotopic (exact) mass is 360 g/mol. The molecule has 0 aliphatic rings. The summed E-state index contributed by atoms with van der Waals surface area (Å²) in [5.74, 6) is -0.109. The molecular formula is C18H15F3N4O. The van der Waals surface area contributed by atoms with Crippen molar-refractivity contribution in [1.29, 1.82) is 0 Å². The maximum atomic E-state index is 13.0. The highest BCUT2D eigenvalue weighted by Crippen LogP contribution is 2.31. The molecule has 1 amide bonds. The number of aromatic amines is 1. The van der Waals surface area contributed by atoms with Crippen LogP contribution in [0.1, 0.15) is 21.5 Å². The van der Waals surface area contributed by atoms with Crippen molar-refractivity contribution in [2.75, 3.05) is 5.73 Å². The molecule has 3 aromatic rings. The average Bonchev–Trinajstić information content (AvgIpc) is 3.06. The normalized spacial score (nSPS) is 11.3. The Morgan fingerprint density at radius 1 is 1.12 bits per heavy atom. The molecule has 0 bridgehead atoms. The molecule has 0 unspecified atom stereocenters.